The molecule has 0 saturated heterocycles. The van der Waals surface area contributed by atoms with Crippen molar-refractivity contribution in [1.29, 1.82) is 0 Å². The van der Waals surface area contributed by atoms with Crippen LogP contribution in [-0.2, 0) is 14.8 Å². The minimum Gasteiger partial charge on any atom is -0.288 e. The number of anilines is 1. The number of hydrogen-bond acceptors (Lipinski definition) is 5. The fourth-order valence-electron chi connectivity index (χ4n) is 2.42. The number of thiophene rings is 1. The van der Waals surface area contributed by atoms with Crippen LogP contribution in [0.1, 0.15) is 12.5 Å². The molecule has 0 radical (unpaired) electrons. The molecule has 134 valence electrons. The first-order valence-corrected chi connectivity index (χ1v) is 11.1. The van der Waals surface area contributed by atoms with Gasteiger partial charge in [0.1, 0.15) is 4.90 Å². The van der Waals surface area contributed by atoms with Gasteiger partial charge in [0.15, 0.2) is 5.12 Å². The van der Waals surface area contributed by atoms with Crippen LogP contribution >= 0.6 is 23.1 Å². The van der Waals surface area contributed by atoms with E-state index in [0.717, 1.165) is 21.2 Å². The van der Waals surface area contributed by atoms with E-state index >= 15 is 0 Å². The van der Waals surface area contributed by atoms with Gasteiger partial charge in [-0.2, -0.15) is 0 Å². The Hall–Kier alpha value is -2.09. The minimum atomic E-state index is -3.66. The van der Waals surface area contributed by atoms with Crippen LogP contribution in [0, 0.1) is 0 Å². The maximum atomic E-state index is 12.7. The molecule has 1 N–H and O–H groups in total. The molecule has 0 saturated carbocycles. The summed E-state index contributed by atoms with van der Waals surface area (Å²) in [7, 11) is -3.66. The van der Waals surface area contributed by atoms with E-state index in [1.807, 2.05) is 18.2 Å². The first-order valence-electron chi connectivity index (χ1n) is 7.77. The van der Waals surface area contributed by atoms with Crippen molar-refractivity contribution in [3.05, 3.63) is 66.1 Å². The van der Waals surface area contributed by atoms with Crippen LogP contribution in [0.3, 0.4) is 0 Å². The highest BCUT2D eigenvalue weighted by Crippen LogP contribution is 2.30. The van der Waals surface area contributed by atoms with Crippen molar-refractivity contribution >= 4 is 59.6 Å². The molecule has 0 aliphatic heterocycles. The molecule has 0 spiro atoms. The van der Waals surface area contributed by atoms with Gasteiger partial charge in [0.2, 0.25) is 0 Å². The maximum absolute atomic E-state index is 12.7. The van der Waals surface area contributed by atoms with Crippen LogP contribution in [0.25, 0.3) is 15.7 Å². The molecule has 0 amide bonds. The zero-order valence-corrected chi connectivity index (χ0v) is 16.5. The predicted molar refractivity (Wildman–Crippen MR) is 111 cm³/mol. The number of carbonyl (C=O) groups is 1. The topological polar surface area (TPSA) is 63.2 Å². The van der Waals surface area contributed by atoms with Crippen LogP contribution in [0.15, 0.2) is 65.4 Å². The third kappa shape index (κ3) is 4.17. The van der Waals surface area contributed by atoms with Gasteiger partial charge in [-0.25, -0.2) is 8.42 Å². The molecule has 7 heteroatoms. The number of hydrogen-bond donors (Lipinski definition) is 1. The van der Waals surface area contributed by atoms with Gasteiger partial charge in [-0.15, -0.1) is 11.3 Å². The highest BCUT2D eigenvalue weighted by molar-refractivity contribution is 8.13. The van der Waals surface area contributed by atoms with E-state index < -0.39 is 10.0 Å². The van der Waals surface area contributed by atoms with E-state index in [9.17, 15) is 13.2 Å². The van der Waals surface area contributed by atoms with Crippen LogP contribution in [0.2, 0.25) is 0 Å². The Bertz CT molecular complexity index is 1070. The van der Waals surface area contributed by atoms with Crippen LogP contribution in [0.4, 0.5) is 5.69 Å². The normalized spacial score (nSPS) is 11.4. The van der Waals surface area contributed by atoms with Crippen molar-refractivity contribution in [1.82, 2.24) is 0 Å². The number of benzene rings is 2. The van der Waals surface area contributed by atoms with E-state index in [2.05, 4.69) is 11.3 Å². The smallest absolute Gasteiger partial charge is 0.263 e. The Morgan fingerprint density at radius 1 is 1.15 bits per heavy atom. The lowest BCUT2D eigenvalue weighted by molar-refractivity contribution is -0.109. The molecule has 4 nitrogen and oxygen atoms in total. The fraction of sp³-hybridized carbons (Fsp3) is 0.105. The van der Waals surface area contributed by atoms with Crippen molar-refractivity contribution in [3.8, 4) is 0 Å². The second kappa shape index (κ2) is 7.65. The second-order valence-electron chi connectivity index (χ2n) is 5.66. The number of sulfonamides is 1. The summed E-state index contributed by atoms with van der Waals surface area (Å²) in [5, 5.41) is 2.41. The Kier molecular flexibility index (Phi) is 5.50. The van der Waals surface area contributed by atoms with Crippen LogP contribution in [0.5, 0.6) is 0 Å². The summed E-state index contributed by atoms with van der Waals surface area (Å²) in [4.78, 5) is 11.3. The average molecular weight is 404 g/mol. The molecule has 3 aromatic rings. The summed E-state index contributed by atoms with van der Waals surface area (Å²) in [6, 6.07) is 14.4. The Morgan fingerprint density at radius 2 is 1.85 bits per heavy atom. The Balaban J connectivity index is 1.78. The van der Waals surface area contributed by atoms with Crippen molar-refractivity contribution in [2.24, 2.45) is 0 Å². The summed E-state index contributed by atoms with van der Waals surface area (Å²) in [6.45, 7) is 5.48. The lowest BCUT2D eigenvalue weighted by Gasteiger charge is -2.09. The van der Waals surface area contributed by atoms with Gasteiger partial charge in [0, 0.05) is 33.8 Å². The zero-order valence-electron chi connectivity index (χ0n) is 14.1. The first-order chi connectivity index (χ1) is 12.4. The fourth-order valence-corrected chi connectivity index (χ4v) is 5.52. The van der Waals surface area contributed by atoms with Crippen LogP contribution < -0.4 is 4.72 Å². The van der Waals surface area contributed by atoms with Crippen molar-refractivity contribution < 1.29 is 13.2 Å². The van der Waals surface area contributed by atoms with Gasteiger partial charge < -0.3 is 0 Å². The van der Waals surface area contributed by atoms with E-state index in [0.29, 0.717) is 11.4 Å². The van der Waals surface area contributed by atoms with Gasteiger partial charge in [0.05, 0.1) is 0 Å². The summed E-state index contributed by atoms with van der Waals surface area (Å²) in [5.41, 5.74) is 2.18. The van der Waals surface area contributed by atoms with Gasteiger partial charge in [0.25, 0.3) is 10.0 Å². The molecular formula is C19H17NO3S3. The molecule has 1 heterocycles. The molecule has 1 aromatic heterocycles. The molecule has 0 aliphatic rings. The summed E-state index contributed by atoms with van der Waals surface area (Å²) in [6.07, 6.45) is 0. The average Bonchev–Trinajstić information content (AvgIpc) is 3.05. The molecule has 2 aromatic carbocycles. The number of carbonyl (C=O) groups excluding carboxylic acids is 1. The maximum Gasteiger partial charge on any atom is 0.263 e. The van der Waals surface area contributed by atoms with Gasteiger partial charge in [-0.05, 0) is 29.3 Å². The number of rotatable bonds is 6. The summed E-state index contributed by atoms with van der Waals surface area (Å²) in [5.74, 6) is 0.515. The summed E-state index contributed by atoms with van der Waals surface area (Å²) >= 11 is 2.60. The van der Waals surface area contributed by atoms with Gasteiger partial charge >= 0.3 is 0 Å². The van der Waals surface area contributed by atoms with Crippen molar-refractivity contribution in [3.63, 3.8) is 0 Å². The van der Waals surface area contributed by atoms with E-state index in [-0.39, 0.29) is 10.0 Å². The standard InChI is InChI=1S/C19H17NO3S3/c1-13(11-24-14(2)21)15-7-9-16(10-8-15)20-26(22,23)19-12-25-18-6-4-3-5-17(18)19/h3-10,12,20H,1,11H2,2H3. The van der Waals surface area contributed by atoms with E-state index in [4.69, 9.17) is 0 Å². The number of fused-ring (bicyclic) bond motifs is 1. The molecule has 0 unspecified atom stereocenters. The van der Waals surface area contributed by atoms with Crippen molar-refractivity contribution in [2.75, 3.05) is 10.5 Å². The Morgan fingerprint density at radius 3 is 2.54 bits per heavy atom. The van der Waals surface area contributed by atoms with Gasteiger partial charge in [-0.1, -0.05) is 48.7 Å². The highest BCUT2D eigenvalue weighted by atomic mass is 32.2. The quantitative estimate of drug-likeness (QED) is 0.629. The Labute approximate surface area is 161 Å². The monoisotopic (exact) mass is 403 g/mol. The van der Waals surface area contributed by atoms with Crippen molar-refractivity contribution in [2.45, 2.75) is 11.8 Å². The minimum absolute atomic E-state index is 0.0403. The third-order valence-electron chi connectivity index (χ3n) is 3.73. The molecule has 26 heavy (non-hydrogen) atoms. The summed E-state index contributed by atoms with van der Waals surface area (Å²) < 4.78 is 29.0. The third-order valence-corrected chi connectivity index (χ3v) is 7.16. The number of nitrogens with one attached hydrogen (secondary N) is 1. The van der Waals surface area contributed by atoms with E-state index in [1.165, 1.54) is 30.0 Å². The predicted octanol–water partition coefficient (Wildman–Crippen LogP) is 5.00. The largest absolute Gasteiger partial charge is 0.288 e. The van der Waals surface area contributed by atoms with Gasteiger partial charge in [-0.3, -0.25) is 9.52 Å². The molecular weight excluding hydrogens is 386 g/mol. The molecule has 0 aliphatic carbocycles. The molecule has 0 fully saturated rings. The number of thioether (sulfide) groups is 1. The van der Waals surface area contributed by atoms with Crippen LogP contribution in [-0.4, -0.2) is 19.3 Å². The molecule has 0 bridgehead atoms. The SMILES string of the molecule is C=C(CSC(C)=O)c1ccc(NS(=O)(=O)c2csc3ccccc23)cc1. The zero-order chi connectivity index (χ0) is 18.7. The highest BCUT2D eigenvalue weighted by Gasteiger charge is 2.19. The molecule has 0 atom stereocenters. The lowest BCUT2D eigenvalue weighted by atomic mass is 10.1. The lowest BCUT2D eigenvalue weighted by Crippen LogP contribution is -2.12. The molecule has 3 rings (SSSR count). The first kappa shape index (κ1) is 18.7. The van der Waals surface area contributed by atoms with E-state index in [1.54, 1.807) is 35.7 Å². The second-order valence-corrected chi connectivity index (χ2v) is 9.38.